The zero-order valence-corrected chi connectivity index (χ0v) is 15.4. The number of nitrogens with zero attached hydrogens (tertiary/aromatic N) is 2. The molecule has 27 heavy (non-hydrogen) atoms. The van der Waals surface area contributed by atoms with Crippen molar-refractivity contribution in [3.05, 3.63) is 64.2 Å². The number of hydrogen-bond acceptors (Lipinski definition) is 5. The molecule has 2 N–H and O–H groups in total. The first-order chi connectivity index (χ1) is 12.6. The van der Waals surface area contributed by atoms with Gasteiger partial charge in [-0.2, -0.15) is 0 Å². The Labute approximate surface area is 154 Å². The number of benzene rings is 2. The van der Waals surface area contributed by atoms with E-state index in [-0.39, 0.29) is 32.9 Å². The predicted molar refractivity (Wildman–Crippen MR) is 98.0 cm³/mol. The summed E-state index contributed by atoms with van der Waals surface area (Å²) in [5.41, 5.74) is 5.31. The largest absolute Gasteiger partial charge is 0.322 e. The highest BCUT2D eigenvalue weighted by Crippen LogP contribution is 2.25. The minimum absolute atomic E-state index is 0.105. The normalized spacial score (nSPS) is 13.3. The molecule has 1 aromatic heterocycles. The van der Waals surface area contributed by atoms with Gasteiger partial charge in [-0.05, 0) is 31.2 Å². The molecule has 1 heterocycles. The van der Waals surface area contributed by atoms with Crippen LogP contribution in [0.1, 0.15) is 30.8 Å². The maximum atomic E-state index is 13.2. The van der Waals surface area contributed by atoms with E-state index in [9.17, 15) is 22.0 Å². The highest BCUT2D eigenvalue weighted by molar-refractivity contribution is 7.91. The van der Waals surface area contributed by atoms with E-state index in [1.54, 1.807) is 6.92 Å². The maximum absolute atomic E-state index is 13.2. The van der Waals surface area contributed by atoms with E-state index in [0.29, 0.717) is 0 Å². The molecule has 142 valence electrons. The van der Waals surface area contributed by atoms with Crippen LogP contribution >= 0.6 is 0 Å². The number of nitrogens with two attached hydrogens (primary N) is 1. The lowest BCUT2D eigenvalue weighted by Gasteiger charge is -2.17. The Hall–Kier alpha value is -2.65. The lowest BCUT2D eigenvalue weighted by Crippen LogP contribution is -2.28. The van der Waals surface area contributed by atoms with Gasteiger partial charge in [-0.1, -0.05) is 18.2 Å². The Kier molecular flexibility index (Phi) is 4.83. The topological polar surface area (TPSA) is 95.1 Å². The molecule has 0 spiro atoms. The fraction of sp³-hybridized carbons (Fsp3) is 0.222. The second-order valence-electron chi connectivity index (χ2n) is 6.22. The Bertz CT molecular complexity index is 1190. The van der Waals surface area contributed by atoms with Crippen molar-refractivity contribution in [2.45, 2.75) is 24.3 Å². The van der Waals surface area contributed by atoms with Gasteiger partial charge in [0.05, 0.1) is 27.5 Å². The van der Waals surface area contributed by atoms with Crippen molar-refractivity contribution in [1.82, 2.24) is 9.55 Å². The fourth-order valence-corrected chi connectivity index (χ4v) is 3.77. The molecule has 9 heteroatoms. The summed E-state index contributed by atoms with van der Waals surface area (Å²) in [6.45, 7) is 1.60. The summed E-state index contributed by atoms with van der Waals surface area (Å²) in [6.07, 6.45) is -1.73. The van der Waals surface area contributed by atoms with Crippen LogP contribution in [0.3, 0.4) is 0 Å². The summed E-state index contributed by atoms with van der Waals surface area (Å²) in [5, 5.41) is -0.105. The summed E-state index contributed by atoms with van der Waals surface area (Å²) in [7, 11) is -3.71. The van der Waals surface area contributed by atoms with Gasteiger partial charge in [0.1, 0.15) is 5.82 Å². The molecule has 0 amide bonds. The van der Waals surface area contributed by atoms with Gasteiger partial charge in [0.2, 0.25) is 0 Å². The molecule has 0 aliphatic rings. The number of aromatic nitrogens is 2. The molecule has 3 rings (SSSR count). The second-order valence-corrected chi connectivity index (χ2v) is 8.20. The number of fused-ring (bicyclic) bond motifs is 1. The monoisotopic (exact) mass is 393 g/mol. The molecule has 0 bridgehead atoms. The third-order valence-corrected chi connectivity index (χ3v) is 5.21. The summed E-state index contributed by atoms with van der Waals surface area (Å²) < 4.78 is 51.5. The Balaban J connectivity index is 2.48. The minimum atomic E-state index is -3.71. The number of rotatable bonds is 4. The standard InChI is InChI=1S/C18H17F2N3O3S/c1-10(21)17-22-13-7-4-8-14(27(2,25)26)15(13)18(24)23(17)12-6-3-5-11(9-12)16(19)20/h3-10,16H,21H2,1-2H3/t10-/m0/s1. The number of alkyl halides is 2. The first-order valence-electron chi connectivity index (χ1n) is 8.01. The Morgan fingerprint density at radius 3 is 2.41 bits per heavy atom. The summed E-state index contributed by atoms with van der Waals surface area (Å²) in [6, 6.07) is 8.87. The highest BCUT2D eigenvalue weighted by Gasteiger charge is 2.21. The minimum Gasteiger partial charge on any atom is -0.322 e. The van der Waals surface area contributed by atoms with Crippen LogP contribution in [0.4, 0.5) is 8.78 Å². The molecule has 0 fully saturated rings. The van der Waals surface area contributed by atoms with Crippen LogP contribution in [0.5, 0.6) is 0 Å². The van der Waals surface area contributed by atoms with Gasteiger partial charge < -0.3 is 5.73 Å². The molecule has 1 atom stereocenters. The SMILES string of the molecule is C[C@H](N)c1nc2cccc(S(C)(=O)=O)c2c(=O)n1-c1cccc(C(F)F)c1. The number of sulfone groups is 1. The van der Waals surface area contributed by atoms with Crippen molar-refractivity contribution >= 4 is 20.7 Å². The van der Waals surface area contributed by atoms with E-state index in [4.69, 9.17) is 5.73 Å². The van der Waals surface area contributed by atoms with Crippen LogP contribution < -0.4 is 11.3 Å². The molecule has 0 unspecified atom stereocenters. The first kappa shape index (κ1) is 19.1. The molecule has 0 aliphatic heterocycles. The average molecular weight is 393 g/mol. The van der Waals surface area contributed by atoms with Gasteiger partial charge in [0.25, 0.3) is 12.0 Å². The lowest BCUT2D eigenvalue weighted by molar-refractivity contribution is 0.151. The zero-order valence-electron chi connectivity index (χ0n) is 14.6. The van der Waals surface area contributed by atoms with Gasteiger partial charge >= 0.3 is 0 Å². The molecule has 0 radical (unpaired) electrons. The van der Waals surface area contributed by atoms with Crippen LogP contribution in [0.2, 0.25) is 0 Å². The molecule has 0 aliphatic carbocycles. The predicted octanol–water partition coefficient (Wildman–Crippen LogP) is 2.75. The van der Waals surface area contributed by atoms with E-state index in [1.165, 1.54) is 36.4 Å². The summed E-state index contributed by atoms with van der Waals surface area (Å²) in [4.78, 5) is 17.4. The molecule has 6 nitrogen and oxygen atoms in total. The molecule has 0 saturated carbocycles. The van der Waals surface area contributed by atoms with E-state index >= 15 is 0 Å². The van der Waals surface area contributed by atoms with Gasteiger partial charge in [-0.25, -0.2) is 22.2 Å². The number of halogens is 2. The maximum Gasteiger partial charge on any atom is 0.267 e. The van der Waals surface area contributed by atoms with Gasteiger partial charge in [0, 0.05) is 11.8 Å². The Morgan fingerprint density at radius 2 is 1.81 bits per heavy atom. The van der Waals surface area contributed by atoms with E-state index in [0.717, 1.165) is 16.9 Å². The van der Waals surface area contributed by atoms with Crippen molar-refractivity contribution in [2.24, 2.45) is 5.73 Å². The van der Waals surface area contributed by atoms with Crippen LogP contribution in [-0.2, 0) is 9.84 Å². The zero-order chi connectivity index (χ0) is 19.9. The molecule has 3 aromatic rings. The molecule has 0 saturated heterocycles. The smallest absolute Gasteiger partial charge is 0.267 e. The Morgan fingerprint density at radius 1 is 1.15 bits per heavy atom. The van der Waals surface area contributed by atoms with E-state index < -0.39 is 27.9 Å². The number of hydrogen-bond donors (Lipinski definition) is 1. The third kappa shape index (κ3) is 3.47. The van der Waals surface area contributed by atoms with Crippen molar-refractivity contribution in [2.75, 3.05) is 6.26 Å². The lowest BCUT2D eigenvalue weighted by atomic mass is 10.1. The molecule has 2 aromatic carbocycles. The van der Waals surface area contributed by atoms with Crippen molar-refractivity contribution in [3.8, 4) is 5.69 Å². The van der Waals surface area contributed by atoms with Crippen LogP contribution in [0.25, 0.3) is 16.6 Å². The van der Waals surface area contributed by atoms with Gasteiger partial charge in [0.15, 0.2) is 9.84 Å². The third-order valence-electron chi connectivity index (χ3n) is 4.07. The van der Waals surface area contributed by atoms with Gasteiger partial charge in [-0.3, -0.25) is 9.36 Å². The van der Waals surface area contributed by atoms with Crippen LogP contribution in [0, 0.1) is 0 Å². The van der Waals surface area contributed by atoms with Crippen molar-refractivity contribution in [1.29, 1.82) is 0 Å². The average Bonchev–Trinajstić information content (AvgIpc) is 2.60. The van der Waals surface area contributed by atoms with Crippen molar-refractivity contribution < 1.29 is 17.2 Å². The summed E-state index contributed by atoms with van der Waals surface area (Å²) in [5.74, 6) is 0.143. The summed E-state index contributed by atoms with van der Waals surface area (Å²) >= 11 is 0. The van der Waals surface area contributed by atoms with Crippen molar-refractivity contribution in [3.63, 3.8) is 0 Å². The quantitative estimate of drug-likeness (QED) is 0.735. The van der Waals surface area contributed by atoms with Crippen LogP contribution in [0.15, 0.2) is 52.2 Å². The van der Waals surface area contributed by atoms with E-state index in [1.807, 2.05) is 0 Å². The van der Waals surface area contributed by atoms with Crippen LogP contribution in [-0.4, -0.2) is 24.2 Å². The van der Waals surface area contributed by atoms with E-state index in [2.05, 4.69) is 4.98 Å². The highest BCUT2D eigenvalue weighted by atomic mass is 32.2. The second kappa shape index (κ2) is 6.82. The molecular weight excluding hydrogens is 376 g/mol. The first-order valence-corrected chi connectivity index (χ1v) is 9.90. The fourth-order valence-electron chi connectivity index (χ4n) is 2.88. The van der Waals surface area contributed by atoms with Gasteiger partial charge in [-0.15, -0.1) is 0 Å². The molecular formula is C18H17F2N3O3S.